The minimum absolute atomic E-state index is 0.0534. The quantitative estimate of drug-likeness (QED) is 0.190. The van der Waals surface area contributed by atoms with Crippen molar-refractivity contribution in [2.24, 2.45) is 5.16 Å². The fourth-order valence-electron chi connectivity index (χ4n) is 2.63. The number of benzene rings is 1. The van der Waals surface area contributed by atoms with Crippen LogP contribution in [0.1, 0.15) is 31.2 Å². The maximum Gasteiger partial charge on any atom is 0.270 e. The van der Waals surface area contributed by atoms with Crippen molar-refractivity contribution >= 4 is 22.5 Å². The van der Waals surface area contributed by atoms with Crippen LogP contribution < -0.4 is 0 Å². The summed E-state index contributed by atoms with van der Waals surface area (Å²) in [5.41, 5.74) is 0.364. The minimum atomic E-state index is -0.496. The number of likely N-dealkylation sites (tertiary alicyclic amines) is 1. The Kier molecular flexibility index (Phi) is 6.32. The van der Waals surface area contributed by atoms with E-state index in [2.05, 4.69) is 5.16 Å². The molecule has 0 bridgehead atoms. The number of hydrogen-bond acceptors (Lipinski definition) is 5. The number of rotatable bonds is 7. The third-order valence-electron chi connectivity index (χ3n) is 3.87. The lowest BCUT2D eigenvalue weighted by molar-refractivity contribution is -0.885. The average molecular weight is 342 g/mol. The molecule has 8 heteroatoms. The summed E-state index contributed by atoms with van der Waals surface area (Å²) in [6.07, 6.45) is 3.72. The predicted molar refractivity (Wildman–Crippen MR) is 88.1 cm³/mol. The van der Waals surface area contributed by atoms with E-state index in [9.17, 15) is 15.3 Å². The first kappa shape index (κ1) is 17.7. The van der Waals surface area contributed by atoms with E-state index in [4.69, 9.17) is 16.4 Å². The van der Waals surface area contributed by atoms with Gasteiger partial charge in [-0.1, -0.05) is 28.9 Å². The van der Waals surface area contributed by atoms with E-state index in [1.165, 1.54) is 18.2 Å². The highest BCUT2D eigenvalue weighted by Gasteiger charge is 2.19. The number of nitrogens with zero attached hydrogens (tertiary/aromatic N) is 3. The molecule has 1 saturated heterocycles. The molecule has 7 nitrogen and oxygen atoms in total. The zero-order chi connectivity index (χ0) is 16.7. The second-order valence-corrected chi connectivity index (χ2v) is 6.02. The largest absolute Gasteiger partial charge is 0.633 e. The number of nitro groups is 1. The molecule has 0 N–H and O–H groups in total. The van der Waals surface area contributed by atoms with Crippen LogP contribution in [0.5, 0.6) is 0 Å². The molecule has 1 aromatic rings. The van der Waals surface area contributed by atoms with Gasteiger partial charge in [0.05, 0.1) is 24.6 Å². The van der Waals surface area contributed by atoms with Crippen LogP contribution in [-0.2, 0) is 4.84 Å². The highest BCUT2D eigenvalue weighted by atomic mass is 35.5. The lowest BCUT2D eigenvalue weighted by Crippen LogP contribution is -2.46. The first-order valence-electron chi connectivity index (χ1n) is 7.68. The van der Waals surface area contributed by atoms with Gasteiger partial charge in [-0.25, -0.2) is 0 Å². The average Bonchev–Trinajstić information content (AvgIpc) is 2.55. The maximum absolute atomic E-state index is 12.3. The highest BCUT2D eigenvalue weighted by molar-refractivity contribution is 6.69. The lowest BCUT2D eigenvalue weighted by Gasteiger charge is -2.45. The lowest BCUT2D eigenvalue weighted by atomic mass is 10.1. The molecule has 1 fully saturated rings. The van der Waals surface area contributed by atoms with Gasteiger partial charge in [0.15, 0.2) is 5.17 Å². The maximum atomic E-state index is 12.3. The molecule has 2 rings (SSSR count). The van der Waals surface area contributed by atoms with Crippen LogP contribution in [0.25, 0.3) is 0 Å². The molecule has 0 radical (unpaired) electrons. The fourth-order valence-corrected chi connectivity index (χ4v) is 2.80. The van der Waals surface area contributed by atoms with Crippen molar-refractivity contribution in [2.75, 3.05) is 26.2 Å². The number of hydroxylamine groups is 3. The Morgan fingerprint density at radius 1 is 1.35 bits per heavy atom. The van der Waals surface area contributed by atoms with Gasteiger partial charge in [-0.3, -0.25) is 10.1 Å². The molecule has 0 aliphatic carbocycles. The van der Waals surface area contributed by atoms with E-state index in [0.717, 1.165) is 19.3 Å². The van der Waals surface area contributed by atoms with Crippen molar-refractivity contribution < 1.29 is 14.4 Å². The van der Waals surface area contributed by atoms with Crippen LogP contribution in [0.2, 0.25) is 0 Å². The summed E-state index contributed by atoms with van der Waals surface area (Å²) < 4.78 is -0.147. The van der Waals surface area contributed by atoms with Crippen LogP contribution in [0.4, 0.5) is 5.69 Å². The number of non-ortho nitro benzene ring substituents is 1. The zero-order valence-corrected chi connectivity index (χ0v) is 13.6. The van der Waals surface area contributed by atoms with Gasteiger partial charge < -0.3 is 14.7 Å². The Morgan fingerprint density at radius 3 is 2.78 bits per heavy atom. The van der Waals surface area contributed by atoms with Crippen LogP contribution >= 0.6 is 11.6 Å². The molecule has 0 aromatic heterocycles. The van der Waals surface area contributed by atoms with Crippen LogP contribution in [-0.4, -0.2) is 41.0 Å². The van der Waals surface area contributed by atoms with Gasteiger partial charge in [0.1, 0.15) is 6.61 Å². The Bertz CT molecular complexity index is 574. The van der Waals surface area contributed by atoms with Crippen LogP contribution in [0.3, 0.4) is 0 Å². The molecule has 0 spiro atoms. The standard InChI is InChI=1S/C15H20ClN3O4/c16-15(13-6-4-7-14(12-13)18(20)21)17-23-11-5-10-19(22)8-2-1-3-9-19/h4,6-7,12H,1-3,5,8-11H2/b17-15-. The zero-order valence-electron chi connectivity index (χ0n) is 12.8. The van der Waals surface area contributed by atoms with Crippen molar-refractivity contribution in [2.45, 2.75) is 25.7 Å². The van der Waals surface area contributed by atoms with Crippen LogP contribution in [0, 0.1) is 15.3 Å². The Labute approximate surface area is 139 Å². The summed E-state index contributed by atoms with van der Waals surface area (Å²) in [6, 6.07) is 5.87. The molecule has 0 amide bonds. The summed E-state index contributed by atoms with van der Waals surface area (Å²) in [5.74, 6) is 0. The third-order valence-corrected chi connectivity index (χ3v) is 4.16. The Balaban J connectivity index is 1.78. The number of oxime groups is 1. The van der Waals surface area contributed by atoms with Crippen molar-refractivity contribution in [3.63, 3.8) is 0 Å². The molecule has 0 unspecified atom stereocenters. The number of halogens is 1. The monoisotopic (exact) mass is 341 g/mol. The van der Waals surface area contributed by atoms with E-state index in [1.54, 1.807) is 6.07 Å². The summed E-state index contributed by atoms with van der Waals surface area (Å²) in [4.78, 5) is 15.3. The van der Waals surface area contributed by atoms with E-state index in [0.29, 0.717) is 38.2 Å². The van der Waals surface area contributed by atoms with Crippen molar-refractivity contribution in [3.8, 4) is 0 Å². The number of hydrogen-bond donors (Lipinski definition) is 0. The molecule has 1 aromatic carbocycles. The Morgan fingerprint density at radius 2 is 2.09 bits per heavy atom. The van der Waals surface area contributed by atoms with Gasteiger partial charge in [-0.05, 0) is 19.3 Å². The first-order valence-corrected chi connectivity index (χ1v) is 8.05. The SMILES string of the molecule is O=[N+]([O-])c1cccc(/C(Cl)=N/OCCC[N+]2([O-])CCCCC2)c1. The second kappa shape index (κ2) is 8.24. The van der Waals surface area contributed by atoms with E-state index in [1.807, 2.05) is 0 Å². The summed E-state index contributed by atoms with van der Waals surface area (Å²) >= 11 is 5.97. The third kappa shape index (κ3) is 5.46. The summed E-state index contributed by atoms with van der Waals surface area (Å²) in [6.45, 7) is 2.17. The number of piperidine rings is 1. The molecule has 1 heterocycles. The smallest absolute Gasteiger partial charge is 0.270 e. The minimum Gasteiger partial charge on any atom is -0.633 e. The molecule has 23 heavy (non-hydrogen) atoms. The Hall–Kier alpha value is -1.70. The second-order valence-electron chi connectivity index (χ2n) is 5.67. The van der Waals surface area contributed by atoms with Gasteiger partial charge in [0.2, 0.25) is 0 Å². The molecule has 0 saturated carbocycles. The summed E-state index contributed by atoms with van der Waals surface area (Å²) in [5, 5.41) is 26.8. The van der Waals surface area contributed by atoms with Crippen molar-refractivity contribution in [1.82, 2.24) is 0 Å². The molecule has 1 aliphatic rings. The number of nitro benzene ring substituents is 1. The van der Waals surface area contributed by atoms with E-state index >= 15 is 0 Å². The van der Waals surface area contributed by atoms with Gasteiger partial charge >= 0.3 is 0 Å². The van der Waals surface area contributed by atoms with E-state index < -0.39 is 4.92 Å². The topological polar surface area (TPSA) is 87.8 Å². The predicted octanol–water partition coefficient (Wildman–Crippen LogP) is 3.40. The van der Waals surface area contributed by atoms with Crippen molar-refractivity contribution in [3.05, 3.63) is 45.2 Å². The molecule has 0 atom stereocenters. The van der Waals surface area contributed by atoms with E-state index in [-0.39, 0.29) is 15.5 Å². The van der Waals surface area contributed by atoms with Gasteiger partial charge in [0.25, 0.3) is 5.69 Å². The molecule has 126 valence electrons. The highest BCUT2D eigenvalue weighted by Crippen LogP contribution is 2.18. The number of quaternary nitrogens is 1. The van der Waals surface area contributed by atoms with Crippen LogP contribution in [0.15, 0.2) is 29.4 Å². The summed E-state index contributed by atoms with van der Waals surface area (Å²) in [7, 11) is 0. The van der Waals surface area contributed by atoms with Gasteiger partial charge in [-0.2, -0.15) is 0 Å². The van der Waals surface area contributed by atoms with Crippen molar-refractivity contribution in [1.29, 1.82) is 0 Å². The normalized spacial score (nSPS) is 17.7. The first-order chi connectivity index (χ1) is 11.0. The molecular formula is C15H20ClN3O4. The van der Waals surface area contributed by atoms with Gasteiger partial charge in [0, 0.05) is 24.1 Å². The molecule has 1 aliphatic heterocycles. The fraction of sp³-hybridized carbons (Fsp3) is 0.533. The molecular weight excluding hydrogens is 322 g/mol. The van der Waals surface area contributed by atoms with Gasteiger partial charge in [-0.15, -0.1) is 0 Å².